The maximum atomic E-state index is 12.2. The molecule has 2 heterocycles. The van der Waals surface area contributed by atoms with Crippen LogP contribution in [0, 0.1) is 0 Å². The van der Waals surface area contributed by atoms with Gasteiger partial charge in [-0.05, 0) is 42.7 Å². The number of carbonyl (C=O) groups is 1. The van der Waals surface area contributed by atoms with Crippen molar-refractivity contribution in [3.05, 3.63) is 60.0 Å². The van der Waals surface area contributed by atoms with E-state index in [2.05, 4.69) is 15.5 Å². The summed E-state index contributed by atoms with van der Waals surface area (Å²) >= 11 is 0. The average Bonchev–Trinajstić information content (AvgIpc) is 3.41. The van der Waals surface area contributed by atoms with Gasteiger partial charge in [-0.3, -0.25) is 4.79 Å². The predicted octanol–water partition coefficient (Wildman–Crippen LogP) is 3.45. The molecule has 1 aromatic heterocycles. The highest BCUT2D eigenvalue weighted by Gasteiger charge is 2.23. The molecule has 144 valence electrons. The fraction of sp³-hybridized carbons (Fsp3) is 0.286. The number of hydrogen-bond donors (Lipinski definition) is 1. The summed E-state index contributed by atoms with van der Waals surface area (Å²) < 4.78 is 16.0. The van der Waals surface area contributed by atoms with Gasteiger partial charge in [0.05, 0.1) is 13.5 Å². The minimum Gasteiger partial charge on any atom is -0.497 e. The summed E-state index contributed by atoms with van der Waals surface area (Å²) in [6.07, 6.45) is 1.83. The zero-order chi connectivity index (χ0) is 19.3. The second-order valence-corrected chi connectivity index (χ2v) is 6.61. The summed E-state index contributed by atoms with van der Waals surface area (Å²) in [5, 5.41) is 6.96. The molecule has 1 aliphatic rings. The van der Waals surface area contributed by atoms with Crippen LogP contribution in [0.1, 0.15) is 24.3 Å². The molecule has 7 nitrogen and oxygen atoms in total. The van der Waals surface area contributed by atoms with E-state index in [4.69, 9.17) is 14.0 Å². The maximum absolute atomic E-state index is 12.2. The van der Waals surface area contributed by atoms with E-state index in [1.807, 2.05) is 48.5 Å². The highest BCUT2D eigenvalue weighted by Crippen LogP contribution is 2.22. The van der Waals surface area contributed by atoms with Crippen molar-refractivity contribution in [1.29, 1.82) is 0 Å². The Bertz CT molecular complexity index is 946. The minimum absolute atomic E-state index is 0.122. The summed E-state index contributed by atoms with van der Waals surface area (Å²) in [4.78, 5) is 16.7. The van der Waals surface area contributed by atoms with Gasteiger partial charge in [0.1, 0.15) is 11.9 Å². The van der Waals surface area contributed by atoms with Crippen molar-refractivity contribution in [1.82, 2.24) is 10.1 Å². The van der Waals surface area contributed by atoms with Crippen LogP contribution >= 0.6 is 0 Å². The van der Waals surface area contributed by atoms with Gasteiger partial charge in [0, 0.05) is 17.9 Å². The number of rotatable bonds is 6. The van der Waals surface area contributed by atoms with Crippen molar-refractivity contribution in [3.8, 4) is 17.1 Å². The van der Waals surface area contributed by atoms with Crippen molar-refractivity contribution in [2.24, 2.45) is 0 Å². The van der Waals surface area contributed by atoms with Crippen LogP contribution in [0.5, 0.6) is 5.75 Å². The zero-order valence-electron chi connectivity index (χ0n) is 15.6. The number of amides is 1. The minimum atomic E-state index is -0.370. The number of hydrogen-bond acceptors (Lipinski definition) is 6. The second kappa shape index (κ2) is 8.22. The lowest BCUT2D eigenvalue weighted by molar-refractivity contribution is -0.124. The summed E-state index contributed by atoms with van der Waals surface area (Å²) in [6.45, 7) is 0.637. The Kier molecular flexibility index (Phi) is 5.34. The van der Waals surface area contributed by atoms with Crippen molar-refractivity contribution >= 4 is 11.6 Å². The van der Waals surface area contributed by atoms with E-state index in [1.54, 1.807) is 7.11 Å². The number of nitrogens with zero attached hydrogens (tertiary/aromatic N) is 2. The molecule has 0 spiro atoms. The molecule has 28 heavy (non-hydrogen) atoms. The largest absolute Gasteiger partial charge is 0.497 e. The Morgan fingerprint density at radius 2 is 2.11 bits per heavy atom. The number of aromatic nitrogens is 2. The topological polar surface area (TPSA) is 86.5 Å². The van der Waals surface area contributed by atoms with Crippen LogP contribution in [0.4, 0.5) is 5.69 Å². The van der Waals surface area contributed by atoms with Gasteiger partial charge >= 0.3 is 0 Å². The molecular formula is C21H21N3O4. The predicted molar refractivity (Wildman–Crippen MR) is 103 cm³/mol. The Morgan fingerprint density at radius 3 is 2.86 bits per heavy atom. The molecule has 1 saturated heterocycles. The summed E-state index contributed by atoms with van der Waals surface area (Å²) in [6, 6.07) is 15.1. The number of nitrogens with one attached hydrogen (secondary N) is 1. The van der Waals surface area contributed by atoms with Gasteiger partial charge in [-0.15, -0.1) is 0 Å². The average molecular weight is 379 g/mol. The lowest BCUT2D eigenvalue weighted by Crippen LogP contribution is -2.26. The molecule has 1 amide bonds. The maximum Gasteiger partial charge on any atom is 0.253 e. The van der Waals surface area contributed by atoms with Crippen LogP contribution in [-0.2, 0) is 16.0 Å². The Hall–Kier alpha value is -3.19. The lowest BCUT2D eigenvalue weighted by Gasteiger charge is -2.10. The van der Waals surface area contributed by atoms with Gasteiger partial charge in [0.2, 0.25) is 11.7 Å². The Balaban J connectivity index is 1.44. The number of anilines is 1. The van der Waals surface area contributed by atoms with Crippen LogP contribution in [0.25, 0.3) is 11.4 Å². The molecule has 0 aliphatic carbocycles. The van der Waals surface area contributed by atoms with E-state index in [0.29, 0.717) is 30.4 Å². The van der Waals surface area contributed by atoms with Gasteiger partial charge in [-0.1, -0.05) is 29.4 Å². The lowest BCUT2D eigenvalue weighted by atomic mass is 10.1. The van der Waals surface area contributed by atoms with Crippen molar-refractivity contribution in [2.75, 3.05) is 19.0 Å². The molecule has 4 rings (SSSR count). The SMILES string of the molecule is COc1ccc(Cc2nc(-c3cccc(NC(=O)C4CCCO4)c3)no2)cc1. The highest BCUT2D eigenvalue weighted by molar-refractivity contribution is 5.94. The van der Waals surface area contributed by atoms with E-state index in [0.717, 1.165) is 29.7 Å². The first-order valence-electron chi connectivity index (χ1n) is 9.20. The first kappa shape index (κ1) is 18.2. The van der Waals surface area contributed by atoms with E-state index in [-0.39, 0.29) is 12.0 Å². The molecule has 1 atom stereocenters. The van der Waals surface area contributed by atoms with Gasteiger partial charge in [-0.25, -0.2) is 0 Å². The molecule has 0 bridgehead atoms. The molecule has 2 aromatic carbocycles. The van der Waals surface area contributed by atoms with E-state index in [9.17, 15) is 4.79 Å². The number of benzene rings is 2. The van der Waals surface area contributed by atoms with E-state index < -0.39 is 0 Å². The van der Waals surface area contributed by atoms with Crippen LogP contribution in [-0.4, -0.2) is 35.9 Å². The number of methoxy groups -OCH3 is 1. The van der Waals surface area contributed by atoms with E-state index in [1.165, 1.54) is 0 Å². The van der Waals surface area contributed by atoms with Crippen LogP contribution < -0.4 is 10.1 Å². The Labute approximate surface area is 162 Å². The third-order valence-electron chi connectivity index (χ3n) is 4.59. The van der Waals surface area contributed by atoms with E-state index >= 15 is 0 Å². The molecule has 3 aromatic rings. The molecule has 1 fully saturated rings. The number of ether oxygens (including phenoxy) is 2. The van der Waals surface area contributed by atoms with Crippen molar-refractivity contribution in [2.45, 2.75) is 25.4 Å². The molecule has 1 aliphatic heterocycles. The van der Waals surface area contributed by atoms with Gasteiger partial charge in [0.25, 0.3) is 5.91 Å². The third-order valence-corrected chi connectivity index (χ3v) is 4.59. The number of carbonyl (C=O) groups excluding carboxylic acids is 1. The van der Waals surface area contributed by atoms with Gasteiger partial charge < -0.3 is 19.3 Å². The highest BCUT2D eigenvalue weighted by atomic mass is 16.5. The Morgan fingerprint density at radius 1 is 1.25 bits per heavy atom. The molecule has 0 radical (unpaired) electrons. The first-order valence-corrected chi connectivity index (χ1v) is 9.20. The fourth-order valence-electron chi connectivity index (χ4n) is 3.11. The molecule has 1 unspecified atom stereocenters. The molecule has 0 saturated carbocycles. The monoisotopic (exact) mass is 379 g/mol. The normalized spacial score (nSPS) is 16.1. The van der Waals surface area contributed by atoms with Crippen LogP contribution in [0.3, 0.4) is 0 Å². The molecule has 1 N–H and O–H groups in total. The van der Waals surface area contributed by atoms with Crippen molar-refractivity contribution in [3.63, 3.8) is 0 Å². The summed E-state index contributed by atoms with van der Waals surface area (Å²) in [5.74, 6) is 1.69. The third kappa shape index (κ3) is 4.20. The molecule has 7 heteroatoms. The smallest absolute Gasteiger partial charge is 0.253 e. The summed E-state index contributed by atoms with van der Waals surface area (Å²) in [5.41, 5.74) is 2.50. The van der Waals surface area contributed by atoms with Crippen molar-refractivity contribution < 1.29 is 18.8 Å². The van der Waals surface area contributed by atoms with Gasteiger partial charge in [-0.2, -0.15) is 4.98 Å². The van der Waals surface area contributed by atoms with Gasteiger partial charge in [0.15, 0.2) is 0 Å². The fourth-order valence-corrected chi connectivity index (χ4v) is 3.11. The first-order chi connectivity index (χ1) is 13.7. The molecular weight excluding hydrogens is 358 g/mol. The van der Waals surface area contributed by atoms with Crippen LogP contribution in [0.15, 0.2) is 53.1 Å². The quantitative estimate of drug-likeness (QED) is 0.706. The standard InChI is InChI=1S/C21H21N3O4/c1-26-17-9-7-14(8-10-17)12-19-23-20(24-28-19)15-4-2-5-16(13-15)22-21(25)18-6-3-11-27-18/h2,4-5,7-10,13,18H,3,6,11-12H2,1H3,(H,22,25). The second-order valence-electron chi connectivity index (χ2n) is 6.61. The van der Waals surface area contributed by atoms with Crippen LogP contribution in [0.2, 0.25) is 0 Å². The zero-order valence-corrected chi connectivity index (χ0v) is 15.6. The summed E-state index contributed by atoms with van der Waals surface area (Å²) in [7, 11) is 1.64.